The molecule has 0 radical (unpaired) electrons. The Labute approximate surface area is 178 Å². The number of hydrogen-bond donors (Lipinski definition) is 1. The van der Waals surface area contributed by atoms with Crippen LogP contribution in [0.15, 0.2) is 48.5 Å². The van der Waals surface area contributed by atoms with Crippen LogP contribution in [-0.4, -0.2) is 49.9 Å². The van der Waals surface area contributed by atoms with Crippen LogP contribution in [0, 0.1) is 0 Å². The second-order valence-electron chi connectivity index (χ2n) is 6.14. The van der Waals surface area contributed by atoms with E-state index in [4.69, 9.17) is 18.4 Å². The van der Waals surface area contributed by atoms with Crippen LogP contribution >= 0.6 is 0 Å². The highest BCUT2D eigenvalue weighted by Gasteiger charge is 2.20. The first kappa shape index (κ1) is 21.8. The summed E-state index contributed by atoms with van der Waals surface area (Å²) in [6.07, 6.45) is 0.916. The minimum Gasteiger partial charge on any atom is -0.481 e. The van der Waals surface area contributed by atoms with Crippen LogP contribution in [0.3, 0.4) is 0 Å². The van der Waals surface area contributed by atoms with Crippen LogP contribution in [0.2, 0.25) is 0 Å². The summed E-state index contributed by atoms with van der Waals surface area (Å²) in [5, 5.41) is 9.85. The first-order valence-corrected chi connectivity index (χ1v) is 10.5. The van der Waals surface area contributed by atoms with E-state index >= 15 is 0 Å². The molecular formula is C20H18N2O8S. The molecule has 162 valence electrons. The smallest absolute Gasteiger partial charge is 0.340 e. The molecule has 0 aliphatic heterocycles. The van der Waals surface area contributed by atoms with Gasteiger partial charge in [-0.1, -0.05) is 24.3 Å². The standard InChI is InChI=1S/C20H18N2O8S/c1-27-16-11-17(28-2)22-20(21-16)29-15-9-5-8-14(18(15)19(23)24)12-6-4-7-13(10-12)30-31(3,25)26/h4-11H,1-3H3,(H,23,24). The van der Waals surface area contributed by atoms with Crippen LogP contribution in [0.25, 0.3) is 11.1 Å². The Balaban J connectivity index is 2.07. The number of benzene rings is 2. The number of methoxy groups -OCH3 is 2. The zero-order valence-electron chi connectivity index (χ0n) is 16.7. The molecule has 0 aliphatic carbocycles. The summed E-state index contributed by atoms with van der Waals surface area (Å²) in [7, 11) is -0.940. The Bertz CT molecular complexity index is 1210. The zero-order chi connectivity index (χ0) is 22.6. The number of carbonyl (C=O) groups is 1. The molecular weight excluding hydrogens is 428 g/mol. The maximum atomic E-state index is 12.1. The molecule has 11 heteroatoms. The van der Waals surface area contributed by atoms with Gasteiger partial charge in [0, 0.05) is 5.56 Å². The number of ether oxygens (including phenoxy) is 3. The predicted octanol–water partition coefficient (Wildman–Crippen LogP) is 2.99. The predicted molar refractivity (Wildman–Crippen MR) is 110 cm³/mol. The van der Waals surface area contributed by atoms with Crippen molar-refractivity contribution in [1.29, 1.82) is 0 Å². The normalized spacial score (nSPS) is 10.9. The molecule has 0 saturated heterocycles. The van der Waals surface area contributed by atoms with Gasteiger partial charge in [-0.3, -0.25) is 0 Å². The van der Waals surface area contributed by atoms with E-state index < -0.39 is 16.1 Å². The van der Waals surface area contributed by atoms with Gasteiger partial charge < -0.3 is 23.5 Å². The first-order valence-electron chi connectivity index (χ1n) is 8.71. The largest absolute Gasteiger partial charge is 0.481 e. The van der Waals surface area contributed by atoms with Gasteiger partial charge in [0.2, 0.25) is 11.8 Å². The number of carboxylic acid groups (broad SMARTS) is 1. The highest BCUT2D eigenvalue weighted by Crippen LogP contribution is 2.35. The molecule has 0 fully saturated rings. The molecule has 3 rings (SSSR count). The van der Waals surface area contributed by atoms with Crippen molar-refractivity contribution in [3.8, 4) is 40.4 Å². The summed E-state index contributed by atoms with van der Waals surface area (Å²) in [6.45, 7) is 0. The fourth-order valence-electron chi connectivity index (χ4n) is 2.70. The van der Waals surface area contributed by atoms with E-state index in [2.05, 4.69) is 9.97 Å². The zero-order valence-corrected chi connectivity index (χ0v) is 17.5. The van der Waals surface area contributed by atoms with Gasteiger partial charge in [-0.2, -0.15) is 18.4 Å². The van der Waals surface area contributed by atoms with Crippen molar-refractivity contribution in [2.45, 2.75) is 0 Å². The Morgan fingerprint density at radius 1 is 0.968 bits per heavy atom. The summed E-state index contributed by atoms with van der Waals surface area (Å²) < 4.78 is 43.5. The highest BCUT2D eigenvalue weighted by atomic mass is 32.2. The fourth-order valence-corrected chi connectivity index (χ4v) is 3.16. The lowest BCUT2D eigenvalue weighted by atomic mass is 9.98. The third-order valence-electron chi connectivity index (χ3n) is 3.91. The van der Waals surface area contributed by atoms with E-state index in [9.17, 15) is 18.3 Å². The number of nitrogens with zero attached hydrogens (tertiary/aromatic N) is 2. The van der Waals surface area contributed by atoms with Crippen molar-refractivity contribution >= 4 is 16.1 Å². The number of rotatable bonds is 8. The van der Waals surface area contributed by atoms with Crippen LogP contribution in [0.1, 0.15) is 10.4 Å². The fraction of sp³-hybridized carbons (Fsp3) is 0.150. The van der Waals surface area contributed by atoms with Crippen LogP contribution in [0.5, 0.6) is 29.3 Å². The van der Waals surface area contributed by atoms with Crippen LogP contribution < -0.4 is 18.4 Å². The molecule has 0 saturated carbocycles. The number of carboxylic acids is 1. The second-order valence-corrected chi connectivity index (χ2v) is 7.71. The van der Waals surface area contributed by atoms with Crippen molar-refractivity contribution in [2.24, 2.45) is 0 Å². The van der Waals surface area contributed by atoms with Crippen molar-refractivity contribution in [2.75, 3.05) is 20.5 Å². The number of hydrogen-bond acceptors (Lipinski definition) is 9. The van der Waals surface area contributed by atoms with Gasteiger partial charge in [0.1, 0.15) is 17.1 Å². The minimum atomic E-state index is -3.75. The molecule has 0 atom stereocenters. The van der Waals surface area contributed by atoms with Gasteiger partial charge in [0.15, 0.2) is 0 Å². The Hall–Kier alpha value is -3.86. The van der Waals surface area contributed by atoms with Gasteiger partial charge >= 0.3 is 22.1 Å². The van der Waals surface area contributed by atoms with E-state index in [0.717, 1.165) is 6.26 Å². The molecule has 1 N–H and O–H groups in total. The van der Waals surface area contributed by atoms with Gasteiger partial charge in [0.25, 0.3) is 0 Å². The van der Waals surface area contributed by atoms with Gasteiger partial charge in [0.05, 0.1) is 26.5 Å². The van der Waals surface area contributed by atoms with E-state index in [-0.39, 0.29) is 40.4 Å². The monoisotopic (exact) mass is 446 g/mol. The summed E-state index contributed by atoms with van der Waals surface area (Å²) in [5.41, 5.74) is 0.511. The molecule has 10 nitrogen and oxygen atoms in total. The second kappa shape index (κ2) is 8.88. The topological polar surface area (TPSA) is 134 Å². The van der Waals surface area contributed by atoms with Crippen LogP contribution in [-0.2, 0) is 10.1 Å². The SMILES string of the molecule is COc1cc(OC)nc(Oc2cccc(-c3cccc(OS(C)(=O)=O)c3)c2C(=O)O)n1. The third-order valence-corrected chi connectivity index (χ3v) is 4.41. The van der Waals surface area contributed by atoms with Crippen molar-refractivity contribution < 1.29 is 36.7 Å². The van der Waals surface area contributed by atoms with Crippen molar-refractivity contribution in [1.82, 2.24) is 9.97 Å². The maximum Gasteiger partial charge on any atom is 0.340 e. The number of aromatic carboxylic acids is 1. The third kappa shape index (κ3) is 5.39. The lowest BCUT2D eigenvalue weighted by Crippen LogP contribution is -2.06. The highest BCUT2D eigenvalue weighted by molar-refractivity contribution is 7.86. The Kier molecular flexibility index (Phi) is 6.25. The first-order chi connectivity index (χ1) is 14.7. The van der Waals surface area contributed by atoms with E-state index in [1.807, 2.05) is 0 Å². The molecule has 31 heavy (non-hydrogen) atoms. The summed E-state index contributed by atoms with van der Waals surface area (Å²) in [4.78, 5) is 20.1. The molecule has 0 spiro atoms. The van der Waals surface area contributed by atoms with E-state index in [1.165, 1.54) is 38.5 Å². The van der Waals surface area contributed by atoms with Crippen molar-refractivity contribution in [3.63, 3.8) is 0 Å². The van der Waals surface area contributed by atoms with Gasteiger partial charge in [-0.15, -0.1) is 0 Å². The molecule has 2 aromatic carbocycles. The van der Waals surface area contributed by atoms with E-state index in [1.54, 1.807) is 24.3 Å². The van der Waals surface area contributed by atoms with Gasteiger partial charge in [-0.05, 0) is 23.8 Å². The molecule has 3 aromatic rings. The minimum absolute atomic E-state index is 0.0326. The average molecular weight is 446 g/mol. The maximum absolute atomic E-state index is 12.1. The summed E-state index contributed by atoms with van der Waals surface area (Å²) >= 11 is 0. The molecule has 0 unspecified atom stereocenters. The molecule has 1 heterocycles. The molecule has 0 aliphatic rings. The van der Waals surface area contributed by atoms with E-state index in [0.29, 0.717) is 5.56 Å². The number of aromatic nitrogens is 2. The molecule has 1 aromatic heterocycles. The quantitative estimate of drug-likeness (QED) is 0.515. The summed E-state index contributed by atoms with van der Waals surface area (Å²) in [6, 6.07) is 11.9. The lowest BCUT2D eigenvalue weighted by Gasteiger charge is -2.13. The summed E-state index contributed by atoms with van der Waals surface area (Å²) in [5.74, 6) is -0.922. The molecule has 0 bridgehead atoms. The van der Waals surface area contributed by atoms with Crippen LogP contribution in [0.4, 0.5) is 0 Å². The Morgan fingerprint density at radius 3 is 2.19 bits per heavy atom. The van der Waals surface area contributed by atoms with Crippen molar-refractivity contribution in [3.05, 3.63) is 54.1 Å². The van der Waals surface area contributed by atoms with Gasteiger partial charge in [-0.25, -0.2) is 4.79 Å². The Morgan fingerprint density at radius 2 is 1.61 bits per heavy atom. The average Bonchev–Trinajstić information content (AvgIpc) is 2.72. The molecule has 0 amide bonds. The lowest BCUT2D eigenvalue weighted by molar-refractivity contribution is 0.0695.